The molecule has 15 heavy (non-hydrogen) atoms. The van der Waals surface area contributed by atoms with Crippen molar-refractivity contribution in [3.05, 3.63) is 12.2 Å². The van der Waals surface area contributed by atoms with E-state index in [9.17, 15) is 4.79 Å². The highest BCUT2D eigenvalue weighted by molar-refractivity contribution is 6.02. The van der Waals surface area contributed by atoms with E-state index in [1.165, 1.54) is 25.7 Å². The van der Waals surface area contributed by atoms with Gasteiger partial charge in [-0.3, -0.25) is 9.69 Å². The zero-order valence-electron chi connectivity index (χ0n) is 9.72. The second-order valence-electron chi connectivity index (χ2n) is 5.04. The van der Waals surface area contributed by atoms with Crippen molar-refractivity contribution in [2.75, 3.05) is 13.1 Å². The highest BCUT2D eigenvalue weighted by Gasteiger charge is 2.46. The minimum atomic E-state index is -0.150. The molecule has 1 saturated heterocycles. The van der Waals surface area contributed by atoms with Crippen molar-refractivity contribution in [2.45, 2.75) is 51.0 Å². The van der Waals surface area contributed by atoms with Gasteiger partial charge >= 0.3 is 0 Å². The van der Waals surface area contributed by atoms with Crippen LogP contribution in [0.2, 0.25) is 0 Å². The average Bonchev–Trinajstić information content (AvgIpc) is 2.87. The van der Waals surface area contributed by atoms with Gasteiger partial charge in [0.1, 0.15) is 0 Å². The Bertz CT molecular complexity index is 270. The van der Waals surface area contributed by atoms with Crippen molar-refractivity contribution in [3.63, 3.8) is 0 Å². The number of carbonyl (C=O) groups excluding carboxylic acids is 1. The summed E-state index contributed by atoms with van der Waals surface area (Å²) in [7, 11) is 0. The minimum Gasteiger partial charge on any atom is -0.292 e. The molecule has 1 heterocycles. The predicted octanol–water partition coefficient (Wildman–Crippen LogP) is 2.54. The number of carbonyl (C=O) groups is 1. The number of likely N-dealkylation sites (tertiary alicyclic amines) is 1. The third-order valence-corrected chi connectivity index (χ3v) is 3.95. The van der Waals surface area contributed by atoms with Gasteiger partial charge in [0.25, 0.3) is 0 Å². The second kappa shape index (κ2) is 4.09. The molecule has 1 saturated carbocycles. The minimum absolute atomic E-state index is 0.150. The summed E-state index contributed by atoms with van der Waals surface area (Å²) < 4.78 is 0. The maximum atomic E-state index is 12.3. The molecule has 0 aromatic rings. The van der Waals surface area contributed by atoms with Gasteiger partial charge in [-0.1, -0.05) is 19.4 Å². The molecule has 2 nitrogen and oxygen atoms in total. The number of nitrogens with zero attached hydrogens (tertiary/aromatic N) is 1. The number of hydrogen-bond donors (Lipinski definition) is 0. The fourth-order valence-electron chi connectivity index (χ4n) is 3.19. The quantitative estimate of drug-likeness (QED) is 0.663. The molecule has 1 aliphatic heterocycles. The van der Waals surface area contributed by atoms with E-state index < -0.39 is 0 Å². The van der Waals surface area contributed by atoms with E-state index in [4.69, 9.17) is 0 Å². The van der Waals surface area contributed by atoms with Crippen LogP contribution in [0.5, 0.6) is 0 Å². The molecule has 0 bridgehead atoms. The zero-order valence-corrected chi connectivity index (χ0v) is 9.72. The van der Waals surface area contributed by atoms with Crippen molar-refractivity contribution < 1.29 is 4.79 Å². The molecule has 2 fully saturated rings. The molecule has 84 valence electrons. The van der Waals surface area contributed by atoms with Gasteiger partial charge < -0.3 is 0 Å². The molecule has 2 rings (SSSR count). The summed E-state index contributed by atoms with van der Waals surface area (Å²) >= 11 is 0. The monoisotopic (exact) mass is 207 g/mol. The Labute approximate surface area is 92.3 Å². The van der Waals surface area contributed by atoms with E-state index in [1.54, 1.807) is 0 Å². The molecule has 0 radical (unpaired) electrons. The normalized spacial score (nSPS) is 25.7. The Hall–Kier alpha value is -0.630. The zero-order chi connectivity index (χ0) is 10.9. The van der Waals surface area contributed by atoms with Crippen molar-refractivity contribution in [1.82, 2.24) is 4.90 Å². The first-order valence-electron chi connectivity index (χ1n) is 6.12. The van der Waals surface area contributed by atoms with Crippen LogP contribution in [0.3, 0.4) is 0 Å². The Morgan fingerprint density at radius 3 is 2.13 bits per heavy atom. The van der Waals surface area contributed by atoms with Crippen LogP contribution in [0.1, 0.15) is 45.4 Å². The molecule has 1 aliphatic carbocycles. The maximum absolute atomic E-state index is 12.3. The van der Waals surface area contributed by atoms with Crippen molar-refractivity contribution in [2.24, 2.45) is 0 Å². The molecule has 0 N–H and O–H groups in total. The Kier molecular flexibility index (Phi) is 2.96. The first-order valence-corrected chi connectivity index (χ1v) is 6.12. The Balaban J connectivity index is 2.22. The number of ketones is 1. The highest BCUT2D eigenvalue weighted by Crippen LogP contribution is 2.39. The van der Waals surface area contributed by atoms with Crippen LogP contribution in [-0.2, 0) is 4.79 Å². The summed E-state index contributed by atoms with van der Waals surface area (Å²) in [5, 5.41) is 0. The van der Waals surface area contributed by atoms with Gasteiger partial charge in [-0.2, -0.15) is 0 Å². The third-order valence-electron chi connectivity index (χ3n) is 3.95. The van der Waals surface area contributed by atoms with Crippen LogP contribution in [0.25, 0.3) is 0 Å². The molecular weight excluding hydrogens is 186 g/mol. The van der Waals surface area contributed by atoms with E-state index in [0.29, 0.717) is 5.78 Å². The molecule has 2 heteroatoms. The highest BCUT2D eigenvalue weighted by atomic mass is 16.1. The lowest BCUT2D eigenvalue weighted by Gasteiger charge is -2.37. The lowest BCUT2D eigenvalue weighted by molar-refractivity contribution is -0.126. The molecule has 0 atom stereocenters. The molecule has 0 amide bonds. The van der Waals surface area contributed by atoms with Crippen LogP contribution in [0, 0.1) is 0 Å². The van der Waals surface area contributed by atoms with Gasteiger partial charge in [0.15, 0.2) is 5.78 Å². The summed E-state index contributed by atoms with van der Waals surface area (Å²) in [5.41, 5.74) is 0.589. The van der Waals surface area contributed by atoms with Crippen LogP contribution >= 0.6 is 0 Å². The summed E-state index contributed by atoms with van der Waals surface area (Å²) in [4.78, 5) is 14.7. The van der Waals surface area contributed by atoms with E-state index in [-0.39, 0.29) is 5.54 Å². The molecule has 0 spiro atoms. The molecule has 2 aliphatic rings. The van der Waals surface area contributed by atoms with Crippen LogP contribution < -0.4 is 0 Å². The SMILES string of the molecule is C=C(C)C(=O)C1(N2CCCC2)CCCC1. The lowest BCUT2D eigenvalue weighted by atomic mass is 9.86. The predicted molar refractivity (Wildman–Crippen MR) is 61.8 cm³/mol. The number of rotatable bonds is 3. The van der Waals surface area contributed by atoms with Crippen LogP contribution in [0.4, 0.5) is 0 Å². The number of Topliss-reactive ketones (excluding diaryl/α,β-unsaturated/α-hetero) is 1. The molecule has 0 aromatic carbocycles. The Morgan fingerprint density at radius 2 is 1.67 bits per heavy atom. The topological polar surface area (TPSA) is 20.3 Å². The van der Waals surface area contributed by atoms with Crippen molar-refractivity contribution in [3.8, 4) is 0 Å². The first kappa shape index (κ1) is 10.9. The maximum Gasteiger partial charge on any atom is 0.178 e. The second-order valence-corrected chi connectivity index (χ2v) is 5.04. The first-order chi connectivity index (χ1) is 7.17. The molecular formula is C13H21NO. The van der Waals surface area contributed by atoms with E-state index in [0.717, 1.165) is 31.5 Å². The van der Waals surface area contributed by atoms with Crippen LogP contribution in [0.15, 0.2) is 12.2 Å². The summed E-state index contributed by atoms with van der Waals surface area (Å²) in [6.07, 6.45) is 7.03. The molecule has 0 aromatic heterocycles. The lowest BCUT2D eigenvalue weighted by Crippen LogP contribution is -2.51. The summed E-state index contributed by atoms with van der Waals surface area (Å²) in [6, 6.07) is 0. The van der Waals surface area contributed by atoms with Crippen molar-refractivity contribution in [1.29, 1.82) is 0 Å². The summed E-state index contributed by atoms with van der Waals surface area (Å²) in [5.74, 6) is 0.307. The van der Waals surface area contributed by atoms with E-state index >= 15 is 0 Å². The van der Waals surface area contributed by atoms with E-state index in [2.05, 4.69) is 11.5 Å². The standard InChI is InChI=1S/C13H21NO/c1-11(2)12(15)13(7-3-4-8-13)14-9-5-6-10-14/h1,3-10H2,2H3. The Morgan fingerprint density at radius 1 is 1.13 bits per heavy atom. The van der Waals surface area contributed by atoms with E-state index in [1.807, 2.05) is 6.92 Å². The van der Waals surface area contributed by atoms with Gasteiger partial charge in [0.05, 0.1) is 5.54 Å². The smallest absolute Gasteiger partial charge is 0.178 e. The largest absolute Gasteiger partial charge is 0.292 e. The van der Waals surface area contributed by atoms with Gasteiger partial charge in [0, 0.05) is 0 Å². The van der Waals surface area contributed by atoms with Gasteiger partial charge in [-0.25, -0.2) is 0 Å². The summed E-state index contributed by atoms with van der Waals surface area (Å²) in [6.45, 7) is 7.92. The van der Waals surface area contributed by atoms with Crippen LogP contribution in [-0.4, -0.2) is 29.3 Å². The van der Waals surface area contributed by atoms with Gasteiger partial charge in [-0.15, -0.1) is 0 Å². The fraction of sp³-hybridized carbons (Fsp3) is 0.769. The molecule has 0 unspecified atom stereocenters. The average molecular weight is 207 g/mol. The van der Waals surface area contributed by atoms with Gasteiger partial charge in [-0.05, 0) is 51.3 Å². The van der Waals surface area contributed by atoms with Crippen molar-refractivity contribution >= 4 is 5.78 Å². The fourth-order valence-corrected chi connectivity index (χ4v) is 3.19. The third kappa shape index (κ3) is 1.76. The number of hydrogen-bond acceptors (Lipinski definition) is 2. The van der Waals surface area contributed by atoms with Gasteiger partial charge in [0.2, 0.25) is 0 Å².